The second-order valence-electron chi connectivity index (χ2n) is 10.9. The van der Waals surface area contributed by atoms with Gasteiger partial charge in [0, 0.05) is 50.8 Å². The first-order valence-electron chi connectivity index (χ1n) is 14.0. The van der Waals surface area contributed by atoms with E-state index in [0.29, 0.717) is 47.2 Å². The average Bonchev–Trinajstić information content (AvgIpc) is 3.14. The molecule has 3 aliphatic heterocycles. The van der Waals surface area contributed by atoms with Crippen molar-refractivity contribution < 1.29 is 9.53 Å². The molecule has 2 aromatic carbocycles. The number of nitrogens with one attached hydrogen (secondary N) is 1. The number of carbonyl (C=O) groups is 1. The molecule has 0 saturated heterocycles. The lowest BCUT2D eigenvalue weighted by Crippen LogP contribution is -2.39. The van der Waals surface area contributed by atoms with Gasteiger partial charge in [-0.3, -0.25) is 9.59 Å². The number of amides is 1. The first-order valence-corrected chi connectivity index (χ1v) is 14.0. The summed E-state index contributed by atoms with van der Waals surface area (Å²) in [5, 5.41) is 3.78. The van der Waals surface area contributed by atoms with E-state index >= 15 is 0 Å². The van der Waals surface area contributed by atoms with Crippen molar-refractivity contribution in [2.45, 2.75) is 25.9 Å². The molecular formula is C30H32N8O3. The Labute approximate surface area is 237 Å². The van der Waals surface area contributed by atoms with Crippen molar-refractivity contribution in [3.8, 4) is 11.4 Å². The fraction of sp³-hybridized carbons (Fsp3) is 0.333. The smallest absolute Gasteiger partial charge is 0.278 e. The van der Waals surface area contributed by atoms with Gasteiger partial charge < -0.3 is 24.8 Å². The van der Waals surface area contributed by atoms with Crippen LogP contribution in [0.15, 0.2) is 59.5 Å². The van der Waals surface area contributed by atoms with Crippen molar-refractivity contribution in [3.05, 3.63) is 70.7 Å². The SMILES string of the molecule is CN1CCN(C)c2ccc(Nc3ncc4c(=O)n5n(c4n3)-c3ccc4c(c3)N(CCCC=CC5)C(=O)CO4)cc2C1. The van der Waals surface area contributed by atoms with Gasteiger partial charge in [0.15, 0.2) is 12.3 Å². The van der Waals surface area contributed by atoms with Gasteiger partial charge >= 0.3 is 0 Å². The average molecular weight is 553 g/mol. The summed E-state index contributed by atoms with van der Waals surface area (Å²) in [6.45, 7) is 3.84. The topological polar surface area (TPSA) is 101 Å². The van der Waals surface area contributed by atoms with Crippen LogP contribution in [0.5, 0.6) is 5.75 Å². The maximum absolute atomic E-state index is 13.6. The molecule has 4 aromatic rings. The Kier molecular flexibility index (Phi) is 6.23. The maximum atomic E-state index is 13.6. The zero-order valence-electron chi connectivity index (χ0n) is 23.2. The number of benzene rings is 2. The second kappa shape index (κ2) is 10.1. The number of anilines is 4. The number of likely N-dealkylation sites (N-methyl/N-ethyl adjacent to an activating group) is 2. The predicted octanol–water partition coefficient (Wildman–Crippen LogP) is 3.28. The van der Waals surface area contributed by atoms with E-state index in [4.69, 9.17) is 9.72 Å². The molecule has 2 aromatic heterocycles. The van der Waals surface area contributed by atoms with Crippen LogP contribution < -0.4 is 25.4 Å². The van der Waals surface area contributed by atoms with Crippen LogP contribution in [-0.2, 0) is 17.9 Å². The number of rotatable bonds is 2. The Balaban J connectivity index is 1.33. The maximum Gasteiger partial charge on any atom is 0.278 e. The minimum atomic E-state index is -0.175. The first-order chi connectivity index (χ1) is 20.0. The highest BCUT2D eigenvalue weighted by Gasteiger charge is 2.27. The van der Waals surface area contributed by atoms with Crippen LogP contribution >= 0.6 is 0 Å². The molecule has 0 aliphatic carbocycles. The number of allylic oxidation sites excluding steroid dienone is 2. The highest BCUT2D eigenvalue weighted by molar-refractivity contribution is 5.98. The summed E-state index contributed by atoms with van der Waals surface area (Å²) < 4.78 is 9.20. The van der Waals surface area contributed by atoms with E-state index in [9.17, 15) is 9.59 Å². The first kappa shape index (κ1) is 25.3. The van der Waals surface area contributed by atoms with Crippen molar-refractivity contribution in [1.29, 1.82) is 0 Å². The van der Waals surface area contributed by atoms with E-state index in [1.165, 1.54) is 11.3 Å². The Morgan fingerprint density at radius 3 is 2.78 bits per heavy atom. The zero-order chi connectivity index (χ0) is 28.1. The van der Waals surface area contributed by atoms with Gasteiger partial charge in [-0.2, -0.15) is 4.98 Å². The van der Waals surface area contributed by atoms with E-state index in [1.54, 1.807) is 15.8 Å². The van der Waals surface area contributed by atoms with E-state index in [0.717, 1.165) is 38.2 Å². The van der Waals surface area contributed by atoms with Crippen LogP contribution in [0.2, 0.25) is 0 Å². The third kappa shape index (κ3) is 4.51. The van der Waals surface area contributed by atoms with Crippen LogP contribution in [0.25, 0.3) is 16.7 Å². The van der Waals surface area contributed by atoms with E-state index in [2.05, 4.69) is 52.4 Å². The fourth-order valence-corrected chi connectivity index (χ4v) is 5.85. The molecule has 1 amide bonds. The van der Waals surface area contributed by atoms with Gasteiger partial charge in [-0.1, -0.05) is 12.2 Å². The molecule has 0 atom stereocenters. The summed E-state index contributed by atoms with van der Waals surface area (Å²) >= 11 is 0. The van der Waals surface area contributed by atoms with Crippen molar-refractivity contribution in [2.24, 2.45) is 0 Å². The fourth-order valence-electron chi connectivity index (χ4n) is 5.85. The van der Waals surface area contributed by atoms with Crippen molar-refractivity contribution in [3.63, 3.8) is 0 Å². The Morgan fingerprint density at radius 2 is 1.88 bits per heavy atom. The van der Waals surface area contributed by atoms with Crippen LogP contribution in [0.4, 0.5) is 23.0 Å². The third-order valence-corrected chi connectivity index (χ3v) is 8.01. The lowest BCUT2D eigenvalue weighted by molar-refractivity contribution is -0.121. The number of nitrogens with zero attached hydrogens (tertiary/aromatic N) is 7. The quantitative estimate of drug-likeness (QED) is 0.378. The molecule has 41 heavy (non-hydrogen) atoms. The molecule has 0 unspecified atom stereocenters. The summed E-state index contributed by atoms with van der Waals surface area (Å²) in [4.78, 5) is 42.0. The van der Waals surface area contributed by atoms with Gasteiger partial charge in [0.05, 0.1) is 17.9 Å². The van der Waals surface area contributed by atoms with Crippen LogP contribution in [0.3, 0.4) is 0 Å². The third-order valence-electron chi connectivity index (χ3n) is 8.01. The number of hydrogen-bond acceptors (Lipinski definition) is 8. The lowest BCUT2D eigenvalue weighted by atomic mass is 10.1. The van der Waals surface area contributed by atoms with Crippen LogP contribution in [-0.4, -0.2) is 70.5 Å². The highest BCUT2D eigenvalue weighted by atomic mass is 16.5. The lowest BCUT2D eigenvalue weighted by Gasteiger charge is -2.30. The zero-order valence-corrected chi connectivity index (χ0v) is 23.2. The van der Waals surface area contributed by atoms with Gasteiger partial charge in [-0.25, -0.2) is 14.3 Å². The van der Waals surface area contributed by atoms with Crippen molar-refractivity contribution in [1.82, 2.24) is 24.2 Å². The summed E-state index contributed by atoms with van der Waals surface area (Å²) in [7, 11) is 4.25. The number of ether oxygens (including phenoxy) is 1. The van der Waals surface area contributed by atoms with Gasteiger partial charge in [-0.05, 0) is 61.9 Å². The summed E-state index contributed by atoms with van der Waals surface area (Å²) in [6, 6.07) is 12.0. The number of aromatic nitrogens is 4. The standard InChI is InChI=1S/C30H32N8O3/c1-34-13-14-35(2)24-9-7-21(15-20(24)18-34)32-30-31-17-23-28(33-30)38-22-8-10-26-25(16-22)36(27(39)19-41-26)11-5-3-4-6-12-37(38)29(23)40/h4,6-10,15-17H,3,5,11-14,18-19H2,1-2H3,(H,31,32,33). The molecule has 11 nitrogen and oxygen atoms in total. The molecule has 2 bridgehead atoms. The van der Waals surface area contributed by atoms with E-state index in [1.807, 2.05) is 35.0 Å². The molecule has 0 saturated carbocycles. The predicted molar refractivity (Wildman–Crippen MR) is 159 cm³/mol. The summed E-state index contributed by atoms with van der Waals surface area (Å²) in [5.41, 5.74) is 5.06. The Bertz CT molecular complexity index is 1760. The van der Waals surface area contributed by atoms with Crippen LogP contribution in [0.1, 0.15) is 18.4 Å². The molecule has 7 rings (SSSR count). The molecule has 3 aliphatic rings. The molecule has 0 spiro atoms. The van der Waals surface area contributed by atoms with Crippen molar-refractivity contribution in [2.75, 3.05) is 55.5 Å². The molecule has 0 radical (unpaired) electrons. The molecule has 5 heterocycles. The molecule has 0 fully saturated rings. The Morgan fingerprint density at radius 1 is 0.976 bits per heavy atom. The van der Waals surface area contributed by atoms with Gasteiger partial charge in [0.2, 0.25) is 5.95 Å². The summed E-state index contributed by atoms with van der Waals surface area (Å²) in [6.07, 6.45) is 7.26. The summed E-state index contributed by atoms with van der Waals surface area (Å²) in [5.74, 6) is 0.980. The molecule has 210 valence electrons. The largest absolute Gasteiger partial charge is 0.482 e. The second-order valence-corrected chi connectivity index (χ2v) is 10.9. The molecule has 11 heteroatoms. The van der Waals surface area contributed by atoms with Gasteiger partial charge in [0.1, 0.15) is 11.1 Å². The van der Waals surface area contributed by atoms with E-state index in [-0.39, 0.29) is 18.1 Å². The highest BCUT2D eigenvalue weighted by Crippen LogP contribution is 2.35. The van der Waals surface area contributed by atoms with Crippen molar-refractivity contribution >= 4 is 40.0 Å². The molecular weight excluding hydrogens is 520 g/mol. The van der Waals surface area contributed by atoms with Gasteiger partial charge in [-0.15, -0.1) is 0 Å². The van der Waals surface area contributed by atoms with Gasteiger partial charge in [0.25, 0.3) is 11.5 Å². The number of hydrogen-bond donors (Lipinski definition) is 1. The minimum Gasteiger partial charge on any atom is -0.482 e. The normalized spacial score (nSPS) is 17.3. The Hall–Kier alpha value is -4.64. The number of carbonyl (C=O) groups excluding carboxylic acids is 1. The molecule has 1 N–H and O–H groups in total. The number of fused-ring (bicyclic) bond motifs is 6. The van der Waals surface area contributed by atoms with E-state index < -0.39 is 0 Å². The monoisotopic (exact) mass is 552 g/mol. The minimum absolute atomic E-state index is 0.0247. The van der Waals surface area contributed by atoms with Crippen LogP contribution in [0, 0.1) is 0 Å².